The maximum Gasteiger partial charge on any atom is 0.339 e. The summed E-state index contributed by atoms with van der Waals surface area (Å²) in [7, 11) is 0. The van der Waals surface area contributed by atoms with Crippen LogP contribution in [0, 0.1) is 6.92 Å². The molecule has 0 bridgehead atoms. The Bertz CT molecular complexity index is 1070. The Balaban J connectivity index is 1.51. The molecule has 9 heteroatoms. The number of carboxylic acids is 1. The third kappa shape index (κ3) is 4.75. The summed E-state index contributed by atoms with van der Waals surface area (Å²) in [5.74, 6) is -1.44. The molecule has 0 atom stereocenters. The van der Waals surface area contributed by atoms with Gasteiger partial charge in [-0.2, -0.15) is 0 Å². The van der Waals surface area contributed by atoms with Gasteiger partial charge < -0.3 is 21.1 Å². The van der Waals surface area contributed by atoms with Crippen molar-refractivity contribution >= 4 is 29.3 Å². The molecule has 9 nitrogen and oxygen atoms in total. The van der Waals surface area contributed by atoms with Crippen LogP contribution in [-0.4, -0.2) is 64.5 Å². The summed E-state index contributed by atoms with van der Waals surface area (Å²) in [5.41, 5.74) is 7.01. The Hall–Kier alpha value is -3.46. The highest BCUT2D eigenvalue weighted by Crippen LogP contribution is 2.34. The summed E-state index contributed by atoms with van der Waals surface area (Å²) >= 11 is 0. The number of pyridine rings is 1. The molecule has 0 unspecified atom stereocenters. The standard InChI is InChI=1S/C25H31N5O4/c1-17-5-7-18(8-6-17)22(31)28-19-15-20(23(32)33)21(27-16-19)29-13-9-25(10-14-29,24(26)34)30-11-3-2-4-12-30/h5-8,15-16H,2-4,9-14H2,1H3,(H2,26,34)(H,28,31)(H,32,33). The number of rotatable bonds is 6. The molecule has 3 heterocycles. The number of aryl methyl sites for hydroxylation is 1. The third-order valence-electron chi connectivity index (χ3n) is 6.98. The molecule has 0 spiro atoms. The van der Waals surface area contributed by atoms with E-state index in [1.807, 2.05) is 24.0 Å². The molecular formula is C25H31N5O4. The second-order valence-corrected chi connectivity index (χ2v) is 9.15. The topological polar surface area (TPSA) is 129 Å². The van der Waals surface area contributed by atoms with Crippen LogP contribution in [0.3, 0.4) is 0 Å². The van der Waals surface area contributed by atoms with Gasteiger partial charge in [0.1, 0.15) is 16.9 Å². The van der Waals surface area contributed by atoms with Crippen LogP contribution in [0.2, 0.25) is 0 Å². The molecule has 0 saturated carbocycles. The average Bonchev–Trinajstić information content (AvgIpc) is 2.85. The molecule has 2 amide bonds. The molecule has 2 aromatic rings. The summed E-state index contributed by atoms with van der Waals surface area (Å²) in [4.78, 5) is 45.5. The minimum Gasteiger partial charge on any atom is -0.478 e. The molecule has 2 fully saturated rings. The Kier molecular flexibility index (Phi) is 6.83. The average molecular weight is 466 g/mol. The van der Waals surface area contributed by atoms with E-state index in [4.69, 9.17) is 5.73 Å². The number of carboxylic acid groups (broad SMARTS) is 1. The zero-order chi connectivity index (χ0) is 24.3. The maximum absolute atomic E-state index is 12.5. The second kappa shape index (κ2) is 9.80. The highest BCUT2D eigenvalue weighted by atomic mass is 16.4. The van der Waals surface area contributed by atoms with Crippen LogP contribution in [0.5, 0.6) is 0 Å². The lowest BCUT2D eigenvalue weighted by Gasteiger charge is -2.48. The molecule has 4 rings (SSSR count). The van der Waals surface area contributed by atoms with Gasteiger partial charge in [0.2, 0.25) is 5.91 Å². The first kappa shape index (κ1) is 23.7. The van der Waals surface area contributed by atoms with Crippen molar-refractivity contribution < 1.29 is 19.5 Å². The van der Waals surface area contributed by atoms with Crippen molar-refractivity contribution in [2.24, 2.45) is 5.73 Å². The first-order chi connectivity index (χ1) is 16.3. The number of hydrogen-bond acceptors (Lipinski definition) is 6. The van der Waals surface area contributed by atoms with Gasteiger partial charge in [-0.1, -0.05) is 24.1 Å². The van der Waals surface area contributed by atoms with Crippen LogP contribution in [0.1, 0.15) is 58.4 Å². The fourth-order valence-electron chi connectivity index (χ4n) is 4.97. The minimum absolute atomic E-state index is 0.00579. The quantitative estimate of drug-likeness (QED) is 0.598. The zero-order valence-electron chi connectivity index (χ0n) is 19.4. The van der Waals surface area contributed by atoms with Gasteiger partial charge in [-0.3, -0.25) is 14.5 Å². The fourth-order valence-corrected chi connectivity index (χ4v) is 4.97. The van der Waals surface area contributed by atoms with Gasteiger partial charge in [-0.15, -0.1) is 0 Å². The minimum atomic E-state index is -1.13. The lowest BCUT2D eigenvalue weighted by atomic mass is 9.83. The summed E-state index contributed by atoms with van der Waals surface area (Å²) in [5, 5.41) is 12.6. The smallest absolute Gasteiger partial charge is 0.339 e. The number of aromatic nitrogens is 1. The van der Waals surface area contributed by atoms with E-state index in [-0.39, 0.29) is 17.4 Å². The number of nitrogens with zero attached hydrogens (tertiary/aromatic N) is 3. The van der Waals surface area contributed by atoms with Crippen molar-refractivity contribution in [1.29, 1.82) is 0 Å². The predicted molar refractivity (Wildman–Crippen MR) is 129 cm³/mol. The van der Waals surface area contributed by atoms with Crippen molar-refractivity contribution in [3.63, 3.8) is 0 Å². The highest BCUT2D eigenvalue weighted by Gasteiger charge is 2.45. The van der Waals surface area contributed by atoms with Crippen molar-refractivity contribution in [3.8, 4) is 0 Å². The molecule has 0 aliphatic carbocycles. The number of anilines is 2. The summed E-state index contributed by atoms with van der Waals surface area (Å²) < 4.78 is 0. The normalized spacial score (nSPS) is 18.3. The number of amides is 2. The van der Waals surface area contributed by atoms with Crippen molar-refractivity contribution in [2.45, 2.75) is 44.6 Å². The van der Waals surface area contributed by atoms with Crippen molar-refractivity contribution in [3.05, 3.63) is 53.2 Å². The van der Waals surface area contributed by atoms with Crippen molar-refractivity contribution in [2.75, 3.05) is 36.4 Å². The Morgan fingerprint density at radius 3 is 2.26 bits per heavy atom. The highest BCUT2D eigenvalue weighted by molar-refractivity contribution is 6.05. The van der Waals surface area contributed by atoms with Crippen LogP contribution < -0.4 is 16.0 Å². The molecule has 180 valence electrons. The molecule has 0 radical (unpaired) electrons. The fraction of sp³-hybridized carbons (Fsp3) is 0.440. The van der Waals surface area contributed by atoms with Crippen LogP contribution >= 0.6 is 0 Å². The monoisotopic (exact) mass is 465 g/mol. The number of hydrogen-bond donors (Lipinski definition) is 3. The Labute approximate surface area is 198 Å². The second-order valence-electron chi connectivity index (χ2n) is 9.15. The number of carbonyl (C=O) groups is 3. The van der Waals surface area contributed by atoms with E-state index in [9.17, 15) is 19.5 Å². The van der Waals surface area contributed by atoms with Crippen LogP contribution in [0.15, 0.2) is 36.5 Å². The molecule has 2 aliphatic heterocycles. The van der Waals surface area contributed by atoms with E-state index in [1.54, 1.807) is 12.1 Å². The number of aromatic carboxylic acids is 1. The number of primary amides is 1. The first-order valence-corrected chi connectivity index (χ1v) is 11.7. The number of likely N-dealkylation sites (tertiary alicyclic amines) is 1. The molecule has 1 aromatic carbocycles. The number of nitrogens with one attached hydrogen (secondary N) is 1. The molecule has 1 aromatic heterocycles. The van der Waals surface area contributed by atoms with E-state index < -0.39 is 11.5 Å². The molecular weight excluding hydrogens is 434 g/mol. The largest absolute Gasteiger partial charge is 0.478 e. The Morgan fingerprint density at radius 1 is 1.03 bits per heavy atom. The maximum atomic E-state index is 12.5. The summed E-state index contributed by atoms with van der Waals surface area (Å²) in [6.07, 6.45) is 5.78. The predicted octanol–water partition coefficient (Wildman–Crippen LogP) is 2.65. The number of carbonyl (C=O) groups excluding carboxylic acids is 2. The zero-order valence-corrected chi connectivity index (χ0v) is 19.4. The van der Waals surface area contributed by atoms with Gasteiger partial charge in [0.05, 0.1) is 11.9 Å². The van der Waals surface area contributed by atoms with E-state index in [0.717, 1.165) is 37.9 Å². The van der Waals surface area contributed by atoms with Gasteiger partial charge in [0.15, 0.2) is 0 Å². The lowest BCUT2D eigenvalue weighted by molar-refractivity contribution is -0.132. The number of nitrogens with two attached hydrogens (primary N) is 1. The number of piperidine rings is 2. The van der Waals surface area contributed by atoms with Crippen LogP contribution in [0.25, 0.3) is 0 Å². The summed E-state index contributed by atoms with van der Waals surface area (Å²) in [6, 6.07) is 8.53. The third-order valence-corrected chi connectivity index (χ3v) is 6.98. The van der Waals surface area contributed by atoms with Crippen molar-refractivity contribution in [1.82, 2.24) is 9.88 Å². The SMILES string of the molecule is Cc1ccc(C(=O)Nc2cnc(N3CCC(C(N)=O)(N4CCCCC4)CC3)c(C(=O)O)c2)cc1. The van der Waals surface area contributed by atoms with E-state index in [0.29, 0.717) is 43.0 Å². The number of benzene rings is 1. The first-order valence-electron chi connectivity index (χ1n) is 11.7. The van der Waals surface area contributed by atoms with Crippen LogP contribution in [-0.2, 0) is 4.79 Å². The van der Waals surface area contributed by atoms with Crippen LogP contribution in [0.4, 0.5) is 11.5 Å². The van der Waals surface area contributed by atoms with Gasteiger partial charge >= 0.3 is 5.97 Å². The van der Waals surface area contributed by atoms with E-state index in [1.165, 1.54) is 12.3 Å². The molecule has 4 N–H and O–H groups in total. The van der Waals surface area contributed by atoms with Gasteiger partial charge in [0, 0.05) is 18.7 Å². The van der Waals surface area contributed by atoms with Gasteiger partial charge in [-0.05, 0) is 63.9 Å². The Morgan fingerprint density at radius 2 is 1.68 bits per heavy atom. The molecule has 2 aliphatic rings. The van der Waals surface area contributed by atoms with Gasteiger partial charge in [-0.25, -0.2) is 9.78 Å². The molecule has 2 saturated heterocycles. The summed E-state index contributed by atoms with van der Waals surface area (Å²) in [6.45, 7) is 4.60. The lowest BCUT2D eigenvalue weighted by Crippen LogP contribution is -2.63. The van der Waals surface area contributed by atoms with Gasteiger partial charge in [0.25, 0.3) is 5.91 Å². The van der Waals surface area contributed by atoms with E-state index in [2.05, 4.69) is 15.2 Å². The molecule has 34 heavy (non-hydrogen) atoms. The van der Waals surface area contributed by atoms with E-state index >= 15 is 0 Å².